The van der Waals surface area contributed by atoms with Gasteiger partial charge in [0.1, 0.15) is 0 Å². The van der Waals surface area contributed by atoms with Gasteiger partial charge in [-0.2, -0.15) is 0 Å². The molecule has 0 bridgehead atoms. The second-order valence-electron chi connectivity index (χ2n) is 14.3. The Morgan fingerprint density at radius 2 is 1.34 bits per heavy atom. The molecular weight excluding hydrogens is 392 g/mol. The summed E-state index contributed by atoms with van der Waals surface area (Å²) < 4.78 is 0. The van der Waals surface area contributed by atoms with Crippen molar-refractivity contribution in [1.29, 1.82) is 0 Å². The van der Waals surface area contributed by atoms with E-state index in [1.165, 1.54) is 32.1 Å². The van der Waals surface area contributed by atoms with Crippen molar-refractivity contribution >= 4 is 0 Å². The highest BCUT2D eigenvalue weighted by Crippen LogP contribution is 2.64. The van der Waals surface area contributed by atoms with Gasteiger partial charge in [-0.3, -0.25) is 0 Å². The van der Waals surface area contributed by atoms with Crippen LogP contribution in [0.25, 0.3) is 0 Å². The van der Waals surface area contributed by atoms with Crippen molar-refractivity contribution in [3.63, 3.8) is 0 Å². The van der Waals surface area contributed by atoms with Gasteiger partial charge in [-0.25, -0.2) is 0 Å². The lowest BCUT2D eigenvalue weighted by Crippen LogP contribution is -2.56. The summed E-state index contributed by atoms with van der Waals surface area (Å²) in [6.07, 6.45) is 12.8. The minimum Gasteiger partial charge on any atom is -0.393 e. The third-order valence-electron chi connectivity index (χ3n) is 12.3. The molecule has 3 fully saturated rings. The molecule has 2 nitrogen and oxygen atoms in total. The zero-order valence-corrected chi connectivity index (χ0v) is 22.4. The molecule has 0 aromatic heterocycles. The smallest absolute Gasteiger partial charge is 0.0594 e. The van der Waals surface area contributed by atoms with Crippen LogP contribution in [0.2, 0.25) is 0 Å². The molecule has 184 valence electrons. The molecule has 3 saturated carbocycles. The SMILES string of the molecule is CC1=CC[C@H]2C(C)(C)[C@H](O)CC[C@]2(C)[C@H]1CC[C@H]1[C@H](C)CC[C@H]2C(C)(C)[C@H](O)CC[C@]12C. The van der Waals surface area contributed by atoms with E-state index >= 15 is 0 Å². The predicted molar refractivity (Wildman–Crippen MR) is 134 cm³/mol. The van der Waals surface area contributed by atoms with Crippen LogP contribution in [0.1, 0.15) is 113 Å². The number of rotatable bonds is 3. The summed E-state index contributed by atoms with van der Waals surface area (Å²) in [7, 11) is 0. The molecule has 0 aliphatic heterocycles. The van der Waals surface area contributed by atoms with Gasteiger partial charge >= 0.3 is 0 Å². The minimum absolute atomic E-state index is 0.00118. The second-order valence-corrected chi connectivity index (χ2v) is 14.3. The molecule has 0 aromatic rings. The number of hydrogen-bond donors (Lipinski definition) is 2. The standard InChI is InChI=1S/C30H52O2/c1-19-9-13-23-27(3,4)25(31)15-17-29(23,7)21(19)11-12-22-20(2)10-14-24-28(5,6)26(32)16-18-30(22,24)8/h9,20-26,31-32H,10-18H2,1-8H3/t20-,21+,22+,23+,24+,25-,26-,29-,30-/m1/s1. The monoisotopic (exact) mass is 444 g/mol. The lowest BCUT2D eigenvalue weighted by atomic mass is 9.44. The predicted octanol–water partition coefficient (Wildman–Crippen LogP) is 7.39. The maximum Gasteiger partial charge on any atom is 0.0594 e. The van der Waals surface area contributed by atoms with E-state index in [2.05, 4.69) is 61.5 Å². The molecule has 9 atom stereocenters. The Balaban J connectivity index is 1.58. The first-order chi connectivity index (χ1) is 14.8. The van der Waals surface area contributed by atoms with Crippen LogP contribution in [0.3, 0.4) is 0 Å². The largest absolute Gasteiger partial charge is 0.393 e. The molecule has 0 heterocycles. The molecular formula is C30H52O2. The molecule has 4 aliphatic rings. The van der Waals surface area contributed by atoms with Crippen molar-refractivity contribution < 1.29 is 10.2 Å². The highest BCUT2D eigenvalue weighted by atomic mass is 16.3. The van der Waals surface area contributed by atoms with Gasteiger partial charge in [-0.15, -0.1) is 0 Å². The second kappa shape index (κ2) is 8.11. The van der Waals surface area contributed by atoms with E-state index in [0.29, 0.717) is 28.6 Å². The van der Waals surface area contributed by atoms with Crippen LogP contribution in [0.5, 0.6) is 0 Å². The van der Waals surface area contributed by atoms with Crippen LogP contribution < -0.4 is 0 Å². The normalized spacial score (nSPS) is 50.2. The van der Waals surface area contributed by atoms with Crippen molar-refractivity contribution in [2.45, 2.75) is 125 Å². The van der Waals surface area contributed by atoms with E-state index in [4.69, 9.17) is 0 Å². The fourth-order valence-electron chi connectivity index (χ4n) is 10.1. The summed E-state index contributed by atoms with van der Waals surface area (Å²) in [6.45, 7) is 19.3. The van der Waals surface area contributed by atoms with E-state index in [-0.39, 0.29) is 23.0 Å². The summed E-state index contributed by atoms with van der Waals surface area (Å²) in [5.74, 6) is 3.39. The molecule has 32 heavy (non-hydrogen) atoms. The number of hydrogen-bond acceptors (Lipinski definition) is 2. The van der Waals surface area contributed by atoms with E-state index in [0.717, 1.165) is 37.5 Å². The Morgan fingerprint density at radius 1 is 0.781 bits per heavy atom. The van der Waals surface area contributed by atoms with Gasteiger partial charge in [0.2, 0.25) is 0 Å². The van der Waals surface area contributed by atoms with Gasteiger partial charge in [0.15, 0.2) is 0 Å². The first kappa shape index (κ1) is 24.8. The van der Waals surface area contributed by atoms with Crippen molar-refractivity contribution in [3.8, 4) is 0 Å². The molecule has 0 spiro atoms. The fourth-order valence-corrected chi connectivity index (χ4v) is 10.1. The van der Waals surface area contributed by atoms with Crippen molar-refractivity contribution in [1.82, 2.24) is 0 Å². The van der Waals surface area contributed by atoms with E-state index in [1.807, 2.05) is 0 Å². The first-order valence-electron chi connectivity index (χ1n) is 13.8. The average Bonchev–Trinajstić information content (AvgIpc) is 2.69. The quantitative estimate of drug-likeness (QED) is 0.446. The van der Waals surface area contributed by atoms with Crippen LogP contribution in [0.4, 0.5) is 0 Å². The topological polar surface area (TPSA) is 40.5 Å². The average molecular weight is 445 g/mol. The van der Waals surface area contributed by atoms with Gasteiger partial charge in [0, 0.05) is 0 Å². The van der Waals surface area contributed by atoms with E-state index in [9.17, 15) is 10.2 Å². The van der Waals surface area contributed by atoms with Crippen LogP contribution in [0, 0.1) is 51.2 Å². The lowest BCUT2D eigenvalue weighted by molar-refractivity contribution is -0.152. The minimum atomic E-state index is -0.165. The molecule has 2 heteroatoms. The van der Waals surface area contributed by atoms with E-state index in [1.54, 1.807) is 5.57 Å². The zero-order valence-electron chi connectivity index (χ0n) is 22.4. The summed E-state index contributed by atoms with van der Waals surface area (Å²) in [4.78, 5) is 0. The molecule has 0 radical (unpaired) electrons. The molecule has 0 saturated heterocycles. The Hall–Kier alpha value is -0.340. The van der Waals surface area contributed by atoms with Gasteiger partial charge < -0.3 is 10.2 Å². The molecule has 0 unspecified atom stereocenters. The van der Waals surface area contributed by atoms with Crippen LogP contribution in [-0.2, 0) is 0 Å². The Bertz CT molecular complexity index is 735. The Morgan fingerprint density at radius 3 is 1.97 bits per heavy atom. The summed E-state index contributed by atoms with van der Waals surface area (Å²) in [5, 5.41) is 21.6. The molecule has 2 N–H and O–H groups in total. The lowest BCUT2D eigenvalue weighted by Gasteiger charge is -2.61. The Kier molecular flexibility index (Phi) is 6.28. The van der Waals surface area contributed by atoms with Crippen LogP contribution in [0.15, 0.2) is 11.6 Å². The van der Waals surface area contributed by atoms with Crippen LogP contribution in [-0.4, -0.2) is 22.4 Å². The third-order valence-corrected chi connectivity index (χ3v) is 12.3. The molecule has 0 amide bonds. The maximum absolute atomic E-state index is 10.8. The van der Waals surface area contributed by atoms with E-state index < -0.39 is 0 Å². The number of aliphatic hydroxyl groups is 2. The summed E-state index contributed by atoms with van der Waals surface area (Å²) in [5.41, 5.74) is 2.31. The number of aliphatic hydroxyl groups excluding tert-OH is 2. The van der Waals surface area contributed by atoms with Crippen molar-refractivity contribution in [2.24, 2.45) is 51.2 Å². The van der Waals surface area contributed by atoms with Crippen molar-refractivity contribution in [3.05, 3.63) is 11.6 Å². The molecule has 0 aromatic carbocycles. The van der Waals surface area contributed by atoms with Gasteiger partial charge in [0.05, 0.1) is 12.2 Å². The molecule has 4 aliphatic carbocycles. The zero-order chi connectivity index (χ0) is 23.7. The summed E-state index contributed by atoms with van der Waals surface area (Å²) >= 11 is 0. The first-order valence-corrected chi connectivity index (χ1v) is 13.8. The number of allylic oxidation sites excluding steroid dienone is 2. The van der Waals surface area contributed by atoms with Crippen molar-refractivity contribution in [2.75, 3.05) is 0 Å². The molecule has 4 rings (SSSR count). The fraction of sp³-hybridized carbons (Fsp3) is 0.933. The maximum atomic E-state index is 10.8. The van der Waals surface area contributed by atoms with Gasteiger partial charge in [-0.1, -0.05) is 66.5 Å². The third kappa shape index (κ3) is 3.57. The Labute approximate surface area is 198 Å². The number of fused-ring (bicyclic) bond motifs is 2. The highest BCUT2D eigenvalue weighted by Gasteiger charge is 2.58. The van der Waals surface area contributed by atoms with Gasteiger partial charge in [0.25, 0.3) is 0 Å². The van der Waals surface area contributed by atoms with Gasteiger partial charge in [-0.05, 0) is 110 Å². The summed E-state index contributed by atoms with van der Waals surface area (Å²) in [6, 6.07) is 0. The van der Waals surface area contributed by atoms with Crippen LogP contribution >= 0.6 is 0 Å². The highest BCUT2D eigenvalue weighted by molar-refractivity contribution is 5.19.